The second-order valence-electron chi connectivity index (χ2n) is 5.15. The van der Waals surface area contributed by atoms with Gasteiger partial charge in [0.05, 0.1) is 26.1 Å². The van der Waals surface area contributed by atoms with Gasteiger partial charge in [0.15, 0.2) is 5.75 Å². The molecule has 0 bridgehead atoms. The van der Waals surface area contributed by atoms with Gasteiger partial charge in [0, 0.05) is 12.6 Å². The van der Waals surface area contributed by atoms with Crippen molar-refractivity contribution < 1.29 is 28.5 Å². The van der Waals surface area contributed by atoms with Gasteiger partial charge >= 0.3 is 12.3 Å². The first-order valence-electron chi connectivity index (χ1n) is 7.92. The van der Waals surface area contributed by atoms with E-state index in [9.17, 15) is 9.59 Å². The zero-order valence-corrected chi connectivity index (χ0v) is 14.6. The fourth-order valence-corrected chi connectivity index (χ4v) is 2.11. The second-order valence-corrected chi connectivity index (χ2v) is 5.15. The van der Waals surface area contributed by atoms with Crippen LogP contribution < -0.4 is 14.8 Å². The average Bonchev–Trinajstić information content (AvgIpc) is 2.67. The molecule has 0 atom stereocenters. The van der Waals surface area contributed by atoms with E-state index >= 15 is 0 Å². The van der Waals surface area contributed by atoms with Crippen LogP contribution in [0, 0.1) is 0 Å². The Hall–Kier alpha value is -3.29. The van der Waals surface area contributed by atoms with Crippen LogP contribution in [0.4, 0.5) is 15.3 Å². The Morgan fingerprint density at radius 2 is 1.73 bits per heavy atom. The number of rotatable bonds is 7. The molecule has 2 rings (SSSR count). The highest BCUT2D eigenvalue weighted by Crippen LogP contribution is 2.28. The van der Waals surface area contributed by atoms with Gasteiger partial charge in [-0.25, -0.2) is 14.6 Å². The van der Waals surface area contributed by atoms with Crippen LogP contribution in [0.2, 0.25) is 0 Å². The van der Waals surface area contributed by atoms with Crippen molar-refractivity contribution >= 4 is 18.0 Å². The lowest BCUT2D eigenvalue weighted by Gasteiger charge is -2.12. The largest absolute Gasteiger partial charge is 0.514 e. The molecule has 0 unspecified atom stereocenters. The standard InChI is InChI=1S/C18H20N2O6/c1-23-17(21)25-15-11-16(26-18(22)24-2)20-12-14(15)19-10-6-9-13-7-4-3-5-8-13/h3-5,7-8,11-12,19H,6,9-10H2,1-2H3. The lowest BCUT2D eigenvalue weighted by molar-refractivity contribution is 0.118. The maximum Gasteiger partial charge on any atom is 0.514 e. The first kappa shape index (κ1) is 19.0. The van der Waals surface area contributed by atoms with Crippen LogP contribution in [-0.2, 0) is 15.9 Å². The molecule has 0 saturated carbocycles. The lowest BCUT2D eigenvalue weighted by atomic mass is 10.1. The predicted molar refractivity (Wildman–Crippen MR) is 93.6 cm³/mol. The van der Waals surface area contributed by atoms with Crippen LogP contribution in [0.15, 0.2) is 42.6 Å². The normalized spacial score (nSPS) is 9.92. The molecule has 0 aliphatic carbocycles. The minimum atomic E-state index is -0.926. The highest BCUT2D eigenvalue weighted by Gasteiger charge is 2.14. The molecular formula is C18H20N2O6. The van der Waals surface area contributed by atoms with Crippen LogP contribution in [0.1, 0.15) is 12.0 Å². The molecule has 0 aliphatic rings. The Morgan fingerprint density at radius 1 is 1.04 bits per heavy atom. The SMILES string of the molecule is COC(=O)Oc1cc(OC(=O)OC)c(NCCCc2ccccc2)cn1. The van der Waals surface area contributed by atoms with Gasteiger partial charge in [0.25, 0.3) is 0 Å². The highest BCUT2D eigenvalue weighted by molar-refractivity contribution is 5.69. The molecule has 2 aromatic rings. The zero-order chi connectivity index (χ0) is 18.8. The van der Waals surface area contributed by atoms with Crippen molar-refractivity contribution in [2.24, 2.45) is 0 Å². The third-order valence-electron chi connectivity index (χ3n) is 3.36. The molecule has 8 nitrogen and oxygen atoms in total. The first-order chi connectivity index (χ1) is 12.6. The van der Waals surface area contributed by atoms with E-state index in [-0.39, 0.29) is 11.6 Å². The van der Waals surface area contributed by atoms with E-state index in [1.165, 1.54) is 32.0 Å². The minimum absolute atomic E-state index is 0.0643. The number of methoxy groups -OCH3 is 2. The summed E-state index contributed by atoms with van der Waals surface area (Å²) in [5, 5.41) is 3.14. The Morgan fingerprint density at radius 3 is 2.42 bits per heavy atom. The van der Waals surface area contributed by atoms with Crippen LogP contribution in [0.25, 0.3) is 0 Å². The third-order valence-corrected chi connectivity index (χ3v) is 3.36. The van der Waals surface area contributed by atoms with Crippen LogP contribution in [0.3, 0.4) is 0 Å². The number of carbonyl (C=O) groups is 2. The number of hydrogen-bond acceptors (Lipinski definition) is 8. The zero-order valence-electron chi connectivity index (χ0n) is 14.6. The summed E-state index contributed by atoms with van der Waals surface area (Å²) < 4.78 is 18.8. The number of carbonyl (C=O) groups excluding carboxylic acids is 2. The van der Waals surface area contributed by atoms with Crippen molar-refractivity contribution in [3.05, 3.63) is 48.2 Å². The third kappa shape index (κ3) is 5.97. The fourth-order valence-electron chi connectivity index (χ4n) is 2.11. The van der Waals surface area contributed by atoms with Gasteiger partial charge in [-0.1, -0.05) is 30.3 Å². The minimum Gasteiger partial charge on any atom is -0.437 e. The van der Waals surface area contributed by atoms with Crippen molar-refractivity contribution in [2.45, 2.75) is 12.8 Å². The van der Waals surface area contributed by atoms with E-state index in [1.807, 2.05) is 18.2 Å². The molecule has 0 amide bonds. The molecule has 8 heteroatoms. The van der Waals surface area contributed by atoms with Crippen LogP contribution in [0.5, 0.6) is 11.6 Å². The number of nitrogens with zero attached hydrogens (tertiary/aromatic N) is 1. The van der Waals surface area contributed by atoms with E-state index in [0.717, 1.165) is 12.8 Å². The van der Waals surface area contributed by atoms with E-state index < -0.39 is 12.3 Å². The van der Waals surface area contributed by atoms with Gasteiger partial charge < -0.3 is 24.3 Å². The second kappa shape index (κ2) is 9.87. The van der Waals surface area contributed by atoms with Crippen LogP contribution in [-0.4, -0.2) is 38.1 Å². The Bertz CT molecular complexity index is 736. The van der Waals surface area contributed by atoms with Crippen molar-refractivity contribution in [1.29, 1.82) is 0 Å². The van der Waals surface area contributed by atoms with Crippen LogP contribution >= 0.6 is 0 Å². The fraction of sp³-hybridized carbons (Fsp3) is 0.278. The first-order valence-corrected chi connectivity index (χ1v) is 7.92. The Kier molecular flexibility index (Phi) is 7.23. The number of anilines is 1. The van der Waals surface area contributed by atoms with E-state index in [4.69, 9.17) is 9.47 Å². The summed E-state index contributed by atoms with van der Waals surface area (Å²) in [6.07, 6.45) is 1.34. The average molecular weight is 360 g/mol. The van der Waals surface area contributed by atoms with Gasteiger partial charge in [0.2, 0.25) is 5.88 Å². The van der Waals surface area contributed by atoms with Gasteiger partial charge in [-0.2, -0.15) is 0 Å². The molecule has 26 heavy (non-hydrogen) atoms. The van der Waals surface area contributed by atoms with Gasteiger partial charge in [-0.15, -0.1) is 0 Å². The van der Waals surface area contributed by atoms with Gasteiger partial charge in [-0.05, 0) is 18.4 Å². The molecule has 1 aromatic heterocycles. The maximum absolute atomic E-state index is 11.4. The predicted octanol–water partition coefficient (Wildman–Crippen LogP) is 3.42. The number of aryl methyl sites for hydroxylation is 1. The lowest BCUT2D eigenvalue weighted by Crippen LogP contribution is -2.13. The summed E-state index contributed by atoms with van der Waals surface area (Å²) in [5.41, 5.74) is 1.71. The molecule has 138 valence electrons. The molecule has 0 radical (unpaired) electrons. The number of pyridine rings is 1. The van der Waals surface area contributed by atoms with Crippen molar-refractivity contribution in [1.82, 2.24) is 4.98 Å². The molecule has 0 spiro atoms. The summed E-state index contributed by atoms with van der Waals surface area (Å²) in [6.45, 7) is 0.630. The maximum atomic E-state index is 11.4. The molecule has 0 aliphatic heterocycles. The summed E-state index contributed by atoms with van der Waals surface area (Å²) in [4.78, 5) is 26.6. The molecule has 0 saturated heterocycles. The molecular weight excluding hydrogens is 340 g/mol. The summed E-state index contributed by atoms with van der Waals surface area (Å²) in [6, 6.07) is 11.4. The van der Waals surface area contributed by atoms with Crippen molar-refractivity contribution in [3.8, 4) is 11.6 Å². The summed E-state index contributed by atoms with van der Waals surface area (Å²) in [7, 11) is 2.37. The Balaban J connectivity index is 2.00. The van der Waals surface area contributed by atoms with Crippen molar-refractivity contribution in [2.75, 3.05) is 26.1 Å². The highest BCUT2D eigenvalue weighted by atomic mass is 16.7. The number of benzene rings is 1. The topological polar surface area (TPSA) is 96.0 Å². The van der Waals surface area contributed by atoms with Crippen molar-refractivity contribution in [3.63, 3.8) is 0 Å². The van der Waals surface area contributed by atoms with E-state index in [1.54, 1.807) is 0 Å². The van der Waals surface area contributed by atoms with E-state index in [0.29, 0.717) is 12.2 Å². The van der Waals surface area contributed by atoms with Gasteiger partial charge in [-0.3, -0.25) is 0 Å². The summed E-state index contributed by atoms with van der Waals surface area (Å²) >= 11 is 0. The Labute approximate surface area is 151 Å². The van der Waals surface area contributed by atoms with Gasteiger partial charge in [0.1, 0.15) is 0 Å². The summed E-state index contributed by atoms with van der Waals surface area (Å²) in [5.74, 6) is 0.0658. The van der Waals surface area contributed by atoms with E-state index in [2.05, 4.69) is 31.9 Å². The number of aromatic nitrogens is 1. The molecule has 1 aromatic carbocycles. The molecule has 1 N–H and O–H groups in total. The molecule has 0 fully saturated rings. The quantitative estimate of drug-likeness (QED) is 0.593. The monoisotopic (exact) mass is 360 g/mol. The molecule has 1 heterocycles. The number of ether oxygens (including phenoxy) is 4. The number of nitrogens with one attached hydrogen (secondary N) is 1. The number of hydrogen-bond donors (Lipinski definition) is 1. The smallest absolute Gasteiger partial charge is 0.437 e.